The number of aromatic nitrogens is 3. The van der Waals surface area contributed by atoms with Crippen molar-refractivity contribution in [2.45, 2.75) is 18.6 Å². The number of amides is 1. The van der Waals surface area contributed by atoms with Crippen molar-refractivity contribution in [1.82, 2.24) is 14.8 Å². The van der Waals surface area contributed by atoms with Crippen LogP contribution in [0.25, 0.3) is 10.7 Å². The zero-order valence-corrected chi connectivity index (χ0v) is 18.9. The smallest absolute Gasteiger partial charge is 0.316 e. The second kappa shape index (κ2) is 10.8. The maximum absolute atomic E-state index is 12.1. The van der Waals surface area contributed by atoms with E-state index >= 15 is 0 Å². The molecule has 0 aliphatic carbocycles. The van der Waals surface area contributed by atoms with Crippen LogP contribution >= 0.6 is 23.1 Å². The maximum atomic E-state index is 12.1. The summed E-state index contributed by atoms with van der Waals surface area (Å²) in [5, 5.41) is 13.6. The van der Waals surface area contributed by atoms with Crippen LogP contribution in [0.15, 0.2) is 40.9 Å². The minimum Gasteiger partial charge on any atom is -0.497 e. The number of nitrogens with one attached hydrogen (secondary N) is 1. The number of benzene rings is 1. The second-order valence-electron chi connectivity index (χ2n) is 6.09. The number of carbonyl (C=O) groups is 2. The third kappa shape index (κ3) is 5.76. The first-order chi connectivity index (χ1) is 15.0. The Kier molecular flexibility index (Phi) is 7.90. The van der Waals surface area contributed by atoms with E-state index in [1.807, 2.05) is 29.0 Å². The van der Waals surface area contributed by atoms with Crippen LogP contribution in [-0.4, -0.2) is 53.2 Å². The van der Waals surface area contributed by atoms with Gasteiger partial charge in [-0.05, 0) is 30.5 Å². The van der Waals surface area contributed by atoms with Gasteiger partial charge in [-0.15, -0.1) is 21.5 Å². The number of hydrogen-bond acceptors (Lipinski definition) is 9. The van der Waals surface area contributed by atoms with E-state index in [9.17, 15) is 9.59 Å². The van der Waals surface area contributed by atoms with E-state index in [1.54, 1.807) is 29.5 Å². The Bertz CT molecular complexity index is 1040. The minimum atomic E-state index is -0.523. The molecule has 9 nitrogen and oxygen atoms in total. The van der Waals surface area contributed by atoms with Crippen LogP contribution < -0.4 is 14.8 Å². The van der Waals surface area contributed by atoms with Gasteiger partial charge in [-0.25, -0.2) is 0 Å². The summed E-state index contributed by atoms with van der Waals surface area (Å²) in [7, 11) is 3.02. The van der Waals surface area contributed by atoms with Crippen LogP contribution in [0.5, 0.6) is 11.5 Å². The number of thioether (sulfide) groups is 1. The largest absolute Gasteiger partial charge is 0.497 e. The summed E-state index contributed by atoms with van der Waals surface area (Å²) in [6.07, 6.45) is 0. The highest BCUT2D eigenvalue weighted by Crippen LogP contribution is 2.29. The molecule has 0 spiro atoms. The van der Waals surface area contributed by atoms with Crippen molar-refractivity contribution >= 4 is 40.7 Å². The van der Waals surface area contributed by atoms with E-state index in [1.165, 1.54) is 26.0 Å². The number of rotatable bonds is 10. The normalized spacial score (nSPS) is 10.5. The molecule has 164 valence electrons. The van der Waals surface area contributed by atoms with Crippen molar-refractivity contribution in [2.75, 3.05) is 31.9 Å². The Morgan fingerprint density at radius 2 is 2.03 bits per heavy atom. The Morgan fingerprint density at radius 1 is 1.19 bits per heavy atom. The summed E-state index contributed by atoms with van der Waals surface area (Å²) in [6.45, 7) is 2.25. The molecule has 0 aliphatic rings. The lowest BCUT2D eigenvalue weighted by Gasteiger charge is -2.11. The van der Waals surface area contributed by atoms with E-state index in [2.05, 4.69) is 15.5 Å². The van der Waals surface area contributed by atoms with Crippen molar-refractivity contribution in [3.63, 3.8) is 0 Å². The molecule has 11 heteroatoms. The molecule has 0 unspecified atom stereocenters. The molecule has 1 N–H and O–H groups in total. The molecular formula is C20H22N4O5S2. The van der Waals surface area contributed by atoms with Gasteiger partial charge in [-0.1, -0.05) is 17.8 Å². The quantitative estimate of drug-likeness (QED) is 0.361. The Morgan fingerprint density at radius 3 is 2.71 bits per heavy atom. The highest BCUT2D eigenvalue weighted by atomic mass is 32.2. The number of hydrogen-bond donors (Lipinski definition) is 1. The van der Waals surface area contributed by atoms with Crippen molar-refractivity contribution in [1.29, 1.82) is 0 Å². The standard InChI is InChI=1S/C20H22N4O5S2/c1-4-24-19(16-6-5-9-30-16)22-23-20(24)31-12-18(26)29-11-17(25)21-14-8-7-13(27-2)10-15(14)28-3/h5-10H,4,11-12H2,1-3H3,(H,21,25). The Hall–Kier alpha value is -3.05. The topological polar surface area (TPSA) is 105 Å². The third-order valence-corrected chi connectivity index (χ3v) is 5.95. The van der Waals surface area contributed by atoms with Gasteiger partial charge in [0.1, 0.15) is 11.5 Å². The average Bonchev–Trinajstić information content (AvgIpc) is 3.45. The zero-order valence-electron chi connectivity index (χ0n) is 17.3. The average molecular weight is 463 g/mol. The first-order valence-electron chi connectivity index (χ1n) is 9.33. The fourth-order valence-electron chi connectivity index (χ4n) is 2.67. The van der Waals surface area contributed by atoms with Crippen molar-refractivity contribution in [3.8, 4) is 22.2 Å². The van der Waals surface area contributed by atoms with Gasteiger partial charge in [0.05, 0.1) is 30.5 Å². The van der Waals surface area contributed by atoms with Gasteiger partial charge in [0.15, 0.2) is 17.6 Å². The maximum Gasteiger partial charge on any atom is 0.316 e. The van der Waals surface area contributed by atoms with E-state index in [-0.39, 0.29) is 5.75 Å². The number of thiophene rings is 1. The number of carbonyl (C=O) groups excluding carboxylic acids is 2. The predicted octanol–water partition coefficient (Wildman–Crippen LogP) is 3.32. The molecule has 0 bridgehead atoms. The van der Waals surface area contributed by atoms with Gasteiger partial charge in [0.2, 0.25) is 0 Å². The van der Waals surface area contributed by atoms with Gasteiger partial charge in [0, 0.05) is 12.6 Å². The van der Waals surface area contributed by atoms with Crippen LogP contribution in [0.2, 0.25) is 0 Å². The van der Waals surface area contributed by atoms with Crippen LogP contribution in [0.4, 0.5) is 5.69 Å². The number of esters is 1. The molecule has 1 aromatic carbocycles. The van der Waals surface area contributed by atoms with E-state index in [0.29, 0.717) is 28.9 Å². The van der Waals surface area contributed by atoms with E-state index < -0.39 is 18.5 Å². The lowest BCUT2D eigenvalue weighted by Crippen LogP contribution is -2.22. The summed E-state index contributed by atoms with van der Waals surface area (Å²) in [4.78, 5) is 25.2. The Labute approximate surface area is 187 Å². The molecule has 3 aromatic rings. The fraction of sp³-hybridized carbons (Fsp3) is 0.300. The van der Waals surface area contributed by atoms with Gasteiger partial charge in [-0.2, -0.15) is 0 Å². The first-order valence-corrected chi connectivity index (χ1v) is 11.2. The molecule has 0 fully saturated rings. The highest BCUT2D eigenvalue weighted by Gasteiger charge is 2.16. The first kappa shape index (κ1) is 22.6. The van der Waals surface area contributed by atoms with Gasteiger partial charge in [0.25, 0.3) is 5.91 Å². The molecule has 2 aromatic heterocycles. The van der Waals surface area contributed by atoms with Crippen LogP contribution in [0.3, 0.4) is 0 Å². The van der Waals surface area contributed by atoms with Crippen molar-refractivity contribution in [2.24, 2.45) is 0 Å². The van der Waals surface area contributed by atoms with Crippen LogP contribution in [0.1, 0.15) is 6.92 Å². The molecule has 31 heavy (non-hydrogen) atoms. The number of ether oxygens (including phenoxy) is 3. The number of anilines is 1. The van der Waals surface area contributed by atoms with Crippen molar-refractivity contribution in [3.05, 3.63) is 35.7 Å². The minimum absolute atomic E-state index is 0.0156. The summed E-state index contributed by atoms with van der Waals surface area (Å²) in [5.41, 5.74) is 0.455. The Balaban J connectivity index is 1.50. The second-order valence-corrected chi connectivity index (χ2v) is 7.98. The molecule has 3 rings (SSSR count). The SMILES string of the molecule is CCn1c(SCC(=O)OCC(=O)Nc2ccc(OC)cc2OC)nnc1-c1cccs1. The molecule has 0 saturated heterocycles. The van der Waals surface area contributed by atoms with E-state index in [0.717, 1.165) is 10.7 Å². The van der Waals surface area contributed by atoms with Gasteiger partial charge in [-0.3, -0.25) is 9.59 Å². The summed E-state index contributed by atoms with van der Waals surface area (Å²) in [5.74, 6) is 0.821. The zero-order chi connectivity index (χ0) is 22.2. The summed E-state index contributed by atoms with van der Waals surface area (Å²) < 4.78 is 17.4. The lowest BCUT2D eigenvalue weighted by atomic mass is 10.2. The number of methoxy groups -OCH3 is 2. The molecule has 0 saturated carbocycles. The molecule has 2 heterocycles. The van der Waals surface area contributed by atoms with Crippen molar-refractivity contribution < 1.29 is 23.8 Å². The predicted molar refractivity (Wildman–Crippen MR) is 119 cm³/mol. The molecule has 0 atom stereocenters. The molecule has 1 amide bonds. The van der Waals surface area contributed by atoms with Gasteiger partial charge >= 0.3 is 5.97 Å². The highest BCUT2D eigenvalue weighted by molar-refractivity contribution is 7.99. The monoisotopic (exact) mass is 462 g/mol. The molecule has 0 radical (unpaired) electrons. The fourth-order valence-corrected chi connectivity index (χ4v) is 4.19. The molecule has 0 aliphatic heterocycles. The summed E-state index contributed by atoms with van der Waals surface area (Å²) >= 11 is 2.79. The van der Waals surface area contributed by atoms with Crippen LogP contribution in [-0.2, 0) is 20.9 Å². The molecular weight excluding hydrogens is 440 g/mol. The van der Waals surface area contributed by atoms with E-state index in [4.69, 9.17) is 14.2 Å². The van der Waals surface area contributed by atoms with Gasteiger partial charge < -0.3 is 24.1 Å². The number of nitrogens with zero attached hydrogens (tertiary/aromatic N) is 3. The third-order valence-electron chi connectivity index (χ3n) is 4.14. The van der Waals surface area contributed by atoms with Crippen LogP contribution in [0, 0.1) is 0 Å². The lowest BCUT2D eigenvalue weighted by molar-refractivity contribution is -0.144. The summed E-state index contributed by atoms with van der Waals surface area (Å²) in [6, 6.07) is 8.91.